The number of aliphatic hydroxyl groups is 2. The summed E-state index contributed by atoms with van der Waals surface area (Å²) in [7, 11) is -0.126. The van der Waals surface area contributed by atoms with E-state index in [9.17, 15) is 34.4 Å². The lowest BCUT2D eigenvalue weighted by Gasteiger charge is -2.23. The third kappa shape index (κ3) is 9.54. The molecule has 9 N–H and O–H groups in total. The number of nitrogens with one attached hydrogen (secondary N) is 3. The molecule has 3 aliphatic rings. The van der Waals surface area contributed by atoms with Gasteiger partial charge in [-0.25, -0.2) is 14.2 Å². The van der Waals surface area contributed by atoms with Gasteiger partial charge in [-0.3, -0.25) is 19.1 Å². The SMILES string of the molecule is CN1C(=CC=CC2=[N+](C)c3ccc(CC(=O)NCCCCCCNP(=O)(O)OC[C@H]4O[C@@H]([n+]5c[nH]c6c(N)ncnc65)C(O)[C@H]4O)cc3C2(C)C)C(C)(C)c2cc(CC(=O)O)ccc21. The minimum absolute atomic E-state index is 0.0106. The zero-order chi connectivity index (χ0) is 46.1. The summed E-state index contributed by atoms with van der Waals surface area (Å²) < 4.78 is 27.3. The molecule has 5 atom stereocenters. The van der Waals surface area contributed by atoms with Gasteiger partial charge in [0.05, 0.1) is 24.9 Å². The molecule has 1 amide bonds. The first kappa shape index (κ1) is 46.7. The number of fused-ring (bicyclic) bond motifs is 3. The summed E-state index contributed by atoms with van der Waals surface area (Å²) in [6.45, 7) is 8.99. The molecule has 0 bridgehead atoms. The molecular weight excluding hydrogens is 842 g/mol. The predicted molar refractivity (Wildman–Crippen MR) is 240 cm³/mol. The molecular formula is C45H60N9O9P+2. The van der Waals surface area contributed by atoms with E-state index in [-0.39, 0.29) is 41.9 Å². The van der Waals surface area contributed by atoms with E-state index >= 15 is 0 Å². The maximum absolute atomic E-state index is 13.0. The molecule has 2 unspecified atom stereocenters. The van der Waals surface area contributed by atoms with Crippen LogP contribution in [0.2, 0.25) is 0 Å². The average molecular weight is 902 g/mol. The number of amides is 1. The molecule has 7 rings (SSSR count). The summed E-state index contributed by atoms with van der Waals surface area (Å²) in [6, 6.07) is 12.1. The number of aromatic nitrogens is 4. The van der Waals surface area contributed by atoms with E-state index in [2.05, 4.69) is 99.9 Å². The third-order valence-corrected chi connectivity index (χ3v) is 13.8. The van der Waals surface area contributed by atoms with Crippen molar-refractivity contribution >= 4 is 53.7 Å². The van der Waals surface area contributed by atoms with Crippen LogP contribution in [0.25, 0.3) is 11.2 Å². The fraction of sp³-hybridized carbons (Fsp3) is 0.467. The zero-order valence-corrected chi connectivity index (χ0v) is 38.0. The Bertz CT molecular complexity index is 2570. The summed E-state index contributed by atoms with van der Waals surface area (Å²) in [4.78, 5) is 47.8. The fourth-order valence-electron chi connectivity index (χ4n) is 9.12. The number of hydrogen-bond donors (Lipinski definition) is 8. The van der Waals surface area contributed by atoms with Crippen LogP contribution in [0, 0.1) is 0 Å². The van der Waals surface area contributed by atoms with Gasteiger partial charge in [0.15, 0.2) is 24.2 Å². The molecule has 342 valence electrons. The van der Waals surface area contributed by atoms with E-state index in [1.54, 1.807) is 0 Å². The monoisotopic (exact) mass is 901 g/mol. The number of allylic oxidation sites excluding steroid dienone is 4. The fourth-order valence-corrected chi connectivity index (χ4v) is 10.0. The normalized spacial score (nSPS) is 22.7. The molecule has 0 radical (unpaired) electrons. The number of anilines is 2. The Hall–Kier alpha value is -5.33. The van der Waals surface area contributed by atoms with E-state index in [0.717, 1.165) is 64.3 Å². The first-order chi connectivity index (χ1) is 30.3. The highest BCUT2D eigenvalue weighted by Gasteiger charge is 2.48. The highest BCUT2D eigenvalue weighted by molar-refractivity contribution is 7.50. The number of nitrogen functional groups attached to an aromatic ring is 1. The van der Waals surface area contributed by atoms with Crippen molar-refractivity contribution in [1.82, 2.24) is 25.4 Å². The lowest BCUT2D eigenvalue weighted by molar-refractivity contribution is -0.745. The largest absolute Gasteiger partial charge is 0.481 e. The standard InChI is InChI=1S/C45H58N9O9P/c1-44(2)29-20-27(14-16-31(29)52(5)34(44)12-11-13-35-45(3,4)30-21-28(23-37(56)57)15-17-32(30)53(35)6)22-36(55)47-18-9-7-8-10-19-51-64(60,61)62-24-33-39(58)40(59)43(63-33)54-26-50-38-41(46)48-25-49-42(38)54/h11-17,20-21,25-26,33,39-40,43,58-59H,7-10,18-19,22-24H2,1-6H3,(H5-,46,47,48,49,51,55,56,57,60,61)/p+2/t33-,39+,40?,43-/m1/s1. The number of carbonyl (C=O) groups is 2. The Labute approximate surface area is 372 Å². The predicted octanol–water partition coefficient (Wildman–Crippen LogP) is 3.57. The average Bonchev–Trinajstić information content (AvgIpc) is 3.90. The smallest absolute Gasteiger partial charge is 0.403 e. The second-order valence-corrected chi connectivity index (χ2v) is 19.4. The van der Waals surface area contributed by atoms with Crippen LogP contribution in [-0.2, 0) is 47.1 Å². The van der Waals surface area contributed by atoms with Gasteiger partial charge >= 0.3 is 19.4 Å². The zero-order valence-electron chi connectivity index (χ0n) is 37.1. The number of benzene rings is 2. The Morgan fingerprint density at radius 1 is 1.00 bits per heavy atom. The molecule has 1 fully saturated rings. The number of nitrogens with zero attached hydrogens (tertiary/aromatic N) is 5. The first-order valence-electron chi connectivity index (χ1n) is 21.5. The van der Waals surface area contributed by atoms with Gasteiger partial charge in [-0.2, -0.15) is 9.56 Å². The molecule has 64 heavy (non-hydrogen) atoms. The van der Waals surface area contributed by atoms with E-state index in [1.807, 2.05) is 31.3 Å². The molecule has 1 saturated heterocycles. The molecule has 0 aliphatic carbocycles. The number of likely N-dealkylation sites (N-methyl/N-ethyl adjacent to an activating group) is 1. The quantitative estimate of drug-likeness (QED) is 0.0404. The van der Waals surface area contributed by atoms with Crippen LogP contribution in [0.5, 0.6) is 0 Å². The highest BCUT2D eigenvalue weighted by Crippen LogP contribution is 2.47. The highest BCUT2D eigenvalue weighted by atomic mass is 31.2. The summed E-state index contributed by atoms with van der Waals surface area (Å²) in [5, 5.41) is 36.1. The summed E-state index contributed by atoms with van der Waals surface area (Å²) >= 11 is 0. The van der Waals surface area contributed by atoms with Gasteiger partial charge in [0.2, 0.25) is 23.3 Å². The van der Waals surface area contributed by atoms with Gasteiger partial charge in [0.25, 0.3) is 0 Å². The molecule has 2 aromatic heterocycles. The van der Waals surface area contributed by atoms with Crippen molar-refractivity contribution in [3.63, 3.8) is 0 Å². The number of nitrogens with two attached hydrogens (primary N) is 1. The Balaban J connectivity index is 0.816. The molecule has 2 aromatic carbocycles. The van der Waals surface area contributed by atoms with E-state index in [1.165, 1.54) is 17.2 Å². The first-order valence-corrected chi connectivity index (χ1v) is 23.1. The van der Waals surface area contributed by atoms with Crippen molar-refractivity contribution in [1.29, 1.82) is 0 Å². The summed E-state index contributed by atoms with van der Waals surface area (Å²) in [5.74, 6) is -0.707. The van der Waals surface area contributed by atoms with Crippen molar-refractivity contribution in [2.24, 2.45) is 0 Å². The lowest BCUT2D eigenvalue weighted by Crippen LogP contribution is -2.45. The number of hydrogen-bond acceptors (Lipinski definition) is 11. The second-order valence-electron chi connectivity index (χ2n) is 17.8. The van der Waals surface area contributed by atoms with Crippen molar-refractivity contribution in [3.8, 4) is 0 Å². The number of imidazole rings is 1. The van der Waals surface area contributed by atoms with Crippen molar-refractivity contribution < 1.29 is 52.8 Å². The Kier molecular flexibility index (Phi) is 13.6. The number of aliphatic hydroxyl groups excluding tert-OH is 2. The molecule has 0 saturated carbocycles. The number of rotatable bonds is 18. The van der Waals surface area contributed by atoms with Gasteiger partial charge in [0, 0.05) is 54.6 Å². The molecule has 19 heteroatoms. The molecule has 0 spiro atoms. The van der Waals surface area contributed by atoms with Crippen LogP contribution in [0.4, 0.5) is 17.2 Å². The molecule has 18 nitrogen and oxygen atoms in total. The van der Waals surface area contributed by atoms with Crippen LogP contribution >= 0.6 is 7.75 Å². The maximum Gasteiger partial charge on any atom is 0.403 e. The number of unbranched alkanes of at least 4 members (excludes halogenated alkanes) is 3. The Morgan fingerprint density at radius 2 is 1.70 bits per heavy atom. The number of ether oxygens (including phenoxy) is 1. The number of carboxylic acid groups (broad SMARTS) is 1. The molecule has 5 heterocycles. The number of H-pyrrole nitrogens is 1. The van der Waals surface area contributed by atoms with E-state index in [0.29, 0.717) is 24.1 Å². The number of carbonyl (C=O) groups excluding carboxylic acids is 1. The van der Waals surface area contributed by atoms with E-state index in [4.69, 9.17) is 15.0 Å². The van der Waals surface area contributed by atoms with Gasteiger partial charge in [0.1, 0.15) is 25.4 Å². The molecule has 4 aromatic rings. The van der Waals surface area contributed by atoms with Crippen molar-refractivity contribution in [2.45, 2.75) is 102 Å². The van der Waals surface area contributed by atoms with Crippen LogP contribution in [0.15, 0.2) is 73.0 Å². The van der Waals surface area contributed by atoms with E-state index < -0.39 is 44.9 Å². The summed E-state index contributed by atoms with van der Waals surface area (Å²) in [5.41, 5.74) is 14.4. The number of aromatic amines is 1. The minimum Gasteiger partial charge on any atom is -0.481 e. The van der Waals surface area contributed by atoms with Crippen molar-refractivity contribution in [3.05, 3.63) is 95.2 Å². The van der Waals surface area contributed by atoms with Gasteiger partial charge < -0.3 is 40.9 Å². The van der Waals surface area contributed by atoms with Gasteiger partial charge in [-0.15, -0.1) is 0 Å². The van der Waals surface area contributed by atoms with Crippen LogP contribution < -0.4 is 25.6 Å². The topological polar surface area (TPSA) is 252 Å². The third-order valence-electron chi connectivity index (χ3n) is 12.6. The number of aliphatic carboxylic acids is 1. The van der Waals surface area contributed by atoms with Gasteiger partial charge in [-0.1, -0.05) is 55.9 Å². The van der Waals surface area contributed by atoms with Crippen LogP contribution in [0.1, 0.15) is 81.9 Å². The number of carboxylic acids is 1. The summed E-state index contributed by atoms with van der Waals surface area (Å²) in [6.07, 6.45) is 7.37. The van der Waals surface area contributed by atoms with Gasteiger partial charge in [-0.05, 0) is 61.6 Å². The maximum atomic E-state index is 13.0. The Morgan fingerprint density at radius 3 is 2.45 bits per heavy atom. The lowest BCUT2D eigenvalue weighted by atomic mass is 9.80. The van der Waals surface area contributed by atoms with Crippen LogP contribution in [0.3, 0.4) is 0 Å². The second kappa shape index (κ2) is 18.6. The van der Waals surface area contributed by atoms with Crippen molar-refractivity contribution in [2.75, 3.05) is 44.4 Å². The van der Waals surface area contributed by atoms with Crippen LogP contribution in [-0.4, -0.2) is 109 Å². The minimum atomic E-state index is -4.23. The molecule has 3 aliphatic heterocycles.